The van der Waals surface area contributed by atoms with Crippen LogP contribution in [0.3, 0.4) is 0 Å². The molecule has 0 saturated heterocycles. The summed E-state index contributed by atoms with van der Waals surface area (Å²) in [6.45, 7) is 3.74. The fourth-order valence-electron chi connectivity index (χ4n) is 5.89. The van der Waals surface area contributed by atoms with Crippen molar-refractivity contribution in [2.24, 2.45) is 28.3 Å². The Balaban J connectivity index is 1.33. The van der Waals surface area contributed by atoms with Crippen molar-refractivity contribution in [3.05, 3.63) is 28.2 Å². The first kappa shape index (κ1) is 19.6. The van der Waals surface area contributed by atoms with Gasteiger partial charge in [-0.1, -0.05) is 15.9 Å². The molecule has 6 heteroatoms. The average Bonchev–Trinajstić information content (AvgIpc) is 2.61. The van der Waals surface area contributed by atoms with E-state index in [9.17, 15) is 9.59 Å². The van der Waals surface area contributed by atoms with Crippen LogP contribution in [0.5, 0.6) is 0 Å². The van der Waals surface area contributed by atoms with E-state index < -0.39 is 0 Å². The van der Waals surface area contributed by atoms with Gasteiger partial charge in [0, 0.05) is 15.9 Å². The third kappa shape index (κ3) is 4.02. The Hall–Kier alpha value is -1.69. The lowest BCUT2D eigenvalue weighted by Crippen LogP contribution is -2.52. The molecule has 150 valence electrons. The van der Waals surface area contributed by atoms with Crippen LogP contribution in [0.1, 0.15) is 57.4 Å². The van der Waals surface area contributed by atoms with E-state index in [0.29, 0.717) is 5.71 Å². The van der Waals surface area contributed by atoms with Crippen molar-refractivity contribution in [3.8, 4) is 0 Å². The molecule has 0 atom stereocenters. The highest BCUT2D eigenvalue weighted by Crippen LogP contribution is 2.60. The molecule has 0 unspecified atom stereocenters. The van der Waals surface area contributed by atoms with Gasteiger partial charge in [-0.2, -0.15) is 5.10 Å². The maximum absolute atomic E-state index is 12.9. The summed E-state index contributed by atoms with van der Waals surface area (Å²) < 4.78 is 0.980. The normalized spacial score (nSPS) is 31.0. The standard InChI is InChI=1S/C22H28BrN3O2/c1-13-5-18(23)3-4-19(13)24-20(27)6-14(2)25-26-21(28)22-10-15-7-16(11-22)9-17(8-15)12-22/h3-5,15-17H,6-12H2,1-2H3,(H,24,27)(H,26,28)/b25-14-. The van der Waals surface area contributed by atoms with E-state index in [-0.39, 0.29) is 23.7 Å². The number of nitrogens with zero attached hydrogens (tertiary/aromatic N) is 1. The Labute approximate surface area is 174 Å². The molecular weight excluding hydrogens is 418 g/mol. The topological polar surface area (TPSA) is 70.6 Å². The van der Waals surface area contributed by atoms with Crippen molar-refractivity contribution >= 4 is 39.1 Å². The lowest BCUT2D eigenvalue weighted by atomic mass is 9.49. The Kier molecular flexibility index (Phi) is 5.34. The molecule has 0 spiro atoms. The van der Waals surface area contributed by atoms with Crippen LogP contribution in [0.25, 0.3) is 0 Å². The molecule has 0 aromatic heterocycles. The van der Waals surface area contributed by atoms with Gasteiger partial charge in [0.1, 0.15) is 0 Å². The molecular formula is C22H28BrN3O2. The maximum Gasteiger partial charge on any atom is 0.246 e. The lowest BCUT2D eigenvalue weighted by Gasteiger charge is -2.55. The maximum atomic E-state index is 12.9. The molecule has 4 saturated carbocycles. The lowest BCUT2D eigenvalue weighted by molar-refractivity contribution is -0.146. The van der Waals surface area contributed by atoms with Crippen LogP contribution in [-0.4, -0.2) is 17.5 Å². The second kappa shape index (κ2) is 7.62. The number of anilines is 1. The number of aryl methyl sites for hydroxylation is 1. The summed E-state index contributed by atoms with van der Waals surface area (Å²) in [5.74, 6) is 2.11. The molecule has 4 aliphatic carbocycles. The minimum Gasteiger partial charge on any atom is -0.326 e. The Morgan fingerprint density at radius 2 is 1.75 bits per heavy atom. The largest absolute Gasteiger partial charge is 0.326 e. The number of rotatable bonds is 5. The zero-order valence-electron chi connectivity index (χ0n) is 16.6. The highest BCUT2D eigenvalue weighted by molar-refractivity contribution is 9.10. The van der Waals surface area contributed by atoms with Crippen LogP contribution in [-0.2, 0) is 9.59 Å². The quantitative estimate of drug-likeness (QED) is 0.504. The van der Waals surface area contributed by atoms with Crippen LogP contribution in [0.15, 0.2) is 27.8 Å². The SMILES string of the molecule is C/C(CC(=O)Nc1ccc(Br)cc1C)=N/NC(=O)C12CC3CC(CC(C3)C1)C2. The predicted octanol–water partition coefficient (Wildman–Crippen LogP) is 4.79. The van der Waals surface area contributed by atoms with Crippen molar-refractivity contribution in [1.29, 1.82) is 0 Å². The smallest absolute Gasteiger partial charge is 0.246 e. The summed E-state index contributed by atoms with van der Waals surface area (Å²) in [6, 6.07) is 5.73. The van der Waals surface area contributed by atoms with Gasteiger partial charge in [-0.25, -0.2) is 5.43 Å². The highest BCUT2D eigenvalue weighted by atomic mass is 79.9. The number of nitrogens with one attached hydrogen (secondary N) is 2. The molecule has 5 rings (SSSR count). The third-order valence-corrected chi connectivity index (χ3v) is 7.24. The molecule has 0 aliphatic heterocycles. The van der Waals surface area contributed by atoms with Crippen LogP contribution < -0.4 is 10.7 Å². The van der Waals surface area contributed by atoms with E-state index in [1.807, 2.05) is 25.1 Å². The van der Waals surface area contributed by atoms with E-state index in [4.69, 9.17) is 0 Å². The number of halogens is 1. The fraction of sp³-hybridized carbons (Fsp3) is 0.591. The number of hydrogen-bond donors (Lipinski definition) is 2. The monoisotopic (exact) mass is 445 g/mol. The second-order valence-electron chi connectivity index (χ2n) is 9.17. The van der Waals surface area contributed by atoms with Crippen LogP contribution in [0.2, 0.25) is 0 Å². The summed E-state index contributed by atoms with van der Waals surface area (Å²) in [5.41, 5.74) is 4.98. The first-order chi connectivity index (χ1) is 13.3. The molecule has 0 heterocycles. The molecule has 5 nitrogen and oxygen atoms in total. The molecule has 1 aromatic rings. The first-order valence-electron chi connectivity index (χ1n) is 10.2. The minimum absolute atomic E-state index is 0.0649. The molecule has 28 heavy (non-hydrogen) atoms. The van der Waals surface area contributed by atoms with E-state index in [1.165, 1.54) is 19.3 Å². The number of benzene rings is 1. The van der Waals surface area contributed by atoms with E-state index >= 15 is 0 Å². The molecule has 1 aromatic carbocycles. The zero-order valence-corrected chi connectivity index (χ0v) is 18.1. The minimum atomic E-state index is -0.213. The number of hydrogen-bond acceptors (Lipinski definition) is 3. The average molecular weight is 446 g/mol. The summed E-state index contributed by atoms with van der Waals surface area (Å²) >= 11 is 3.42. The molecule has 4 aliphatic rings. The Morgan fingerprint density at radius 3 is 2.32 bits per heavy atom. The van der Waals surface area contributed by atoms with Crippen molar-refractivity contribution in [2.75, 3.05) is 5.32 Å². The number of hydrazone groups is 1. The number of carbonyl (C=O) groups is 2. The zero-order chi connectivity index (χ0) is 19.9. The van der Waals surface area contributed by atoms with Gasteiger partial charge >= 0.3 is 0 Å². The molecule has 2 N–H and O–H groups in total. The van der Waals surface area contributed by atoms with Gasteiger partial charge in [0.25, 0.3) is 0 Å². The fourth-order valence-corrected chi connectivity index (χ4v) is 6.36. The van der Waals surface area contributed by atoms with Crippen LogP contribution >= 0.6 is 15.9 Å². The first-order valence-corrected chi connectivity index (χ1v) is 11.0. The molecule has 4 bridgehead atoms. The van der Waals surface area contributed by atoms with Crippen LogP contribution in [0.4, 0.5) is 5.69 Å². The van der Waals surface area contributed by atoms with E-state index in [1.54, 1.807) is 6.92 Å². The van der Waals surface area contributed by atoms with E-state index in [0.717, 1.165) is 52.7 Å². The van der Waals surface area contributed by atoms with Gasteiger partial charge in [0.05, 0.1) is 11.8 Å². The number of amides is 2. The van der Waals surface area contributed by atoms with Crippen LogP contribution in [0, 0.1) is 30.1 Å². The van der Waals surface area contributed by atoms with Crippen molar-refractivity contribution < 1.29 is 9.59 Å². The van der Waals surface area contributed by atoms with Gasteiger partial charge in [-0.15, -0.1) is 0 Å². The third-order valence-electron chi connectivity index (χ3n) is 6.75. The summed E-state index contributed by atoms with van der Waals surface area (Å²) in [7, 11) is 0. The summed E-state index contributed by atoms with van der Waals surface area (Å²) in [4.78, 5) is 25.2. The van der Waals surface area contributed by atoms with E-state index in [2.05, 4.69) is 31.8 Å². The summed E-state index contributed by atoms with van der Waals surface area (Å²) in [5, 5.41) is 7.16. The predicted molar refractivity (Wildman–Crippen MR) is 114 cm³/mol. The van der Waals surface area contributed by atoms with Gasteiger partial charge in [0.2, 0.25) is 11.8 Å². The van der Waals surface area contributed by atoms with Crippen molar-refractivity contribution in [2.45, 2.75) is 58.8 Å². The summed E-state index contributed by atoms with van der Waals surface area (Å²) in [6.07, 6.45) is 7.14. The van der Waals surface area contributed by atoms with Gasteiger partial charge in [-0.05, 0) is 93.9 Å². The van der Waals surface area contributed by atoms with Crippen molar-refractivity contribution in [3.63, 3.8) is 0 Å². The van der Waals surface area contributed by atoms with Crippen molar-refractivity contribution in [1.82, 2.24) is 5.43 Å². The van der Waals surface area contributed by atoms with Gasteiger partial charge in [0.15, 0.2) is 0 Å². The Morgan fingerprint density at radius 1 is 1.14 bits per heavy atom. The van der Waals surface area contributed by atoms with Gasteiger partial charge < -0.3 is 5.32 Å². The second-order valence-corrected chi connectivity index (χ2v) is 10.1. The number of carbonyl (C=O) groups excluding carboxylic acids is 2. The molecule has 4 fully saturated rings. The molecule has 2 amide bonds. The molecule has 0 radical (unpaired) electrons. The van der Waals surface area contributed by atoms with Gasteiger partial charge in [-0.3, -0.25) is 9.59 Å². The Bertz CT molecular complexity index is 798. The highest BCUT2D eigenvalue weighted by Gasteiger charge is 2.54.